The minimum atomic E-state index is -0.800. The maximum atomic E-state index is 12.8. The van der Waals surface area contributed by atoms with E-state index in [1.54, 1.807) is 24.3 Å². The molecule has 0 radical (unpaired) electrons. The van der Waals surface area contributed by atoms with Crippen LogP contribution in [0.15, 0.2) is 42.6 Å². The van der Waals surface area contributed by atoms with Gasteiger partial charge >= 0.3 is 0 Å². The Labute approximate surface area is 147 Å². The van der Waals surface area contributed by atoms with E-state index in [2.05, 4.69) is 10.6 Å². The van der Waals surface area contributed by atoms with Crippen LogP contribution >= 0.6 is 11.6 Å². The molecule has 1 aromatic heterocycles. The number of nitrogens with zero attached hydrogens (tertiary/aromatic N) is 2. The summed E-state index contributed by atoms with van der Waals surface area (Å²) in [5.74, 6) is 0.00310. The first kappa shape index (κ1) is 17.1. The molecule has 1 aliphatic heterocycles. The maximum absolute atomic E-state index is 12.8. The lowest BCUT2D eigenvalue weighted by Gasteiger charge is -2.36. The van der Waals surface area contributed by atoms with Crippen molar-refractivity contribution >= 4 is 17.5 Å². The highest BCUT2D eigenvalue weighted by atomic mass is 35.5. The number of hydrogen-bond acceptors (Lipinski definition) is 2. The monoisotopic (exact) mass is 346 g/mol. The third-order valence-corrected chi connectivity index (χ3v) is 5.02. The summed E-state index contributed by atoms with van der Waals surface area (Å²) < 4.78 is 2.08. The first-order valence-electron chi connectivity index (χ1n) is 8.40. The normalized spacial score (nSPS) is 19.3. The number of piperidine rings is 1. The van der Waals surface area contributed by atoms with Crippen LogP contribution in [-0.2, 0) is 11.8 Å². The summed E-state index contributed by atoms with van der Waals surface area (Å²) in [5, 5.41) is 11.0. The number of carbonyl (C=O) groups excluding carboxylic acids is 1. The highest BCUT2D eigenvalue weighted by molar-refractivity contribution is 6.30. The van der Waals surface area contributed by atoms with Gasteiger partial charge in [-0.3, -0.25) is 4.79 Å². The van der Waals surface area contributed by atoms with Crippen molar-refractivity contribution in [1.29, 1.82) is 0 Å². The van der Waals surface area contributed by atoms with Gasteiger partial charge in [-0.1, -0.05) is 23.7 Å². The number of likely N-dealkylation sites (tertiary alicyclic amines) is 1. The summed E-state index contributed by atoms with van der Waals surface area (Å²) in [7, 11) is 2.01. The van der Waals surface area contributed by atoms with Gasteiger partial charge < -0.3 is 14.6 Å². The molecular formula is C19H23ClN2O2. The van der Waals surface area contributed by atoms with Crippen molar-refractivity contribution in [2.45, 2.75) is 37.8 Å². The van der Waals surface area contributed by atoms with Crippen LogP contribution in [0.2, 0.25) is 5.02 Å². The van der Waals surface area contributed by atoms with Crippen LogP contribution in [-0.4, -0.2) is 27.0 Å². The van der Waals surface area contributed by atoms with Gasteiger partial charge in [-0.2, -0.15) is 0 Å². The van der Waals surface area contributed by atoms with Gasteiger partial charge in [-0.15, -0.1) is 0 Å². The Kier molecular flexibility index (Phi) is 5.27. The van der Waals surface area contributed by atoms with Crippen molar-refractivity contribution in [3.8, 4) is 0 Å². The van der Waals surface area contributed by atoms with Crippen LogP contribution in [0.3, 0.4) is 0 Å². The second-order valence-corrected chi connectivity index (χ2v) is 6.85. The predicted molar refractivity (Wildman–Crippen MR) is 94.7 cm³/mol. The van der Waals surface area contributed by atoms with Crippen molar-refractivity contribution in [2.75, 3.05) is 6.54 Å². The Morgan fingerprint density at radius 2 is 2.04 bits per heavy atom. The quantitative estimate of drug-likeness (QED) is 0.913. The van der Waals surface area contributed by atoms with E-state index in [9.17, 15) is 9.90 Å². The Bertz CT molecular complexity index is 696. The molecule has 2 atom stereocenters. The third-order valence-electron chi connectivity index (χ3n) is 4.77. The van der Waals surface area contributed by atoms with E-state index >= 15 is 0 Å². The van der Waals surface area contributed by atoms with Gasteiger partial charge in [0, 0.05) is 30.5 Å². The van der Waals surface area contributed by atoms with E-state index in [0.717, 1.165) is 37.1 Å². The van der Waals surface area contributed by atoms with Gasteiger partial charge in [-0.05, 0) is 49.1 Å². The number of aryl methyl sites for hydroxylation is 1. The molecular weight excluding hydrogens is 324 g/mol. The van der Waals surface area contributed by atoms with E-state index in [4.69, 9.17) is 11.6 Å². The fraction of sp³-hybridized carbons (Fsp3) is 0.421. The molecule has 1 amide bonds. The Hall–Kier alpha value is -1.78. The van der Waals surface area contributed by atoms with Crippen LogP contribution in [0.25, 0.3) is 0 Å². The van der Waals surface area contributed by atoms with Crippen LogP contribution in [0.5, 0.6) is 0 Å². The smallest absolute Gasteiger partial charge is 0.226 e. The van der Waals surface area contributed by atoms with Crippen molar-refractivity contribution in [3.05, 3.63) is 58.9 Å². The van der Waals surface area contributed by atoms with Gasteiger partial charge in [-0.25, -0.2) is 0 Å². The number of aromatic nitrogens is 1. The molecule has 0 unspecified atom stereocenters. The molecule has 24 heavy (non-hydrogen) atoms. The van der Waals surface area contributed by atoms with Crippen LogP contribution in [0.1, 0.15) is 49.1 Å². The predicted octanol–water partition coefficient (Wildman–Crippen LogP) is 3.86. The van der Waals surface area contributed by atoms with Crippen molar-refractivity contribution in [1.82, 2.24) is 9.47 Å². The first-order valence-corrected chi connectivity index (χ1v) is 8.78. The summed E-state index contributed by atoms with van der Waals surface area (Å²) in [6.07, 6.45) is 4.42. The average molecular weight is 347 g/mol. The van der Waals surface area contributed by atoms with Crippen molar-refractivity contribution in [3.63, 3.8) is 0 Å². The molecule has 2 aromatic rings. The number of rotatable bonds is 4. The summed E-state index contributed by atoms with van der Waals surface area (Å²) in [5.41, 5.74) is 1.88. The Balaban J connectivity index is 1.72. The van der Waals surface area contributed by atoms with Crippen LogP contribution in [0.4, 0.5) is 0 Å². The van der Waals surface area contributed by atoms with Gasteiger partial charge in [0.15, 0.2) is 0 Å². The fourth-order valence-electron chi connectivity index (χ4n) is 3.44. The molecule has 1 aliphatic rings. The molecule has 1 N–H and O–H groups in total. The first-order chi connectivity index (χ1) is 11.6. The van der Waals surface area contributed by atoms with Gasteiger partial charge in [0.25, 0.3) is 0 Å². The average Bonchev–Trinajstić information content (AvgIpc) is 3.01. The van der Waals surface area contributed by atoms with E-state index in [0.29, 0.717) is 5.02 Å². The molecule has 4 nitrogen and oxygen atoms in total. The topological polar surface area (TPSA) is 45.5 Å². The molecule has 0 saturated carbocycles. The summed E-state index contributed by atoms with van der Waals surface area (Å²) in [6.45, 7) is 0.752. The van der Waals surface area contributed by atoms with Crippen molar-refractivity contribution < 1.29 is 9.90 Å². The highest BCUT2D eigenvalue weighted by Crippen LogP contribution is 2.32. The molecule has 1 aromatic carbocycles. The van der Waals surface area contributed by atoms with E-state index < -0.39 is 6.10 Å². The number of aliphatic hydroxyl groups is 1. The molecule has 0 aliphatic carbocycles. The lowest BCUT2D eigenvalue weighted by molar-refractivity contribution is -0.137. The molecule has 1 fully saturated rings. The molecule has 0 bridgehead atoms. The molecule has 3 rings (SSSR count). The molecule has 1 saturated heterocycles. The zero-order chi connectivity index (χ0) is 17.1. The van der Waals surface area contributed by atoms with Gasteiger partial charge in [0.05, 0.1) is 18.6 Å². The van der Waals surface area contributed by atoms with E-state index in [-0.39, 0.29) is 18.4 Å². The highest BCUT2D eigenvalue weighted by Gasteiger charge is 2.30. The summed E-state index contributed by atoms with van der Waals surface area (Å²) in [4.78, 5) is 14.7. The maximum Gasteiger partial charge on any atom is 0.226 e. The molecule has 2 heterocycles. The molecule has 5 heteroatoms. The van der Waals surface area contributed by atoms with Crippen LogP contribution in [0, 0.1) is 0 Å². The summed E-state index contributed by atoms with van der Waals surface area (Å²) >= 11 is 5.88. The number of benzene rings is 1. The largest absolute Gasteiger partial charge is 0.388 e. The number of halogens is 1. The lowest BCUT2D eigenvalue weighted by Crippen LogP contribution is -2.39. The minimum absolute atomic E-state index is 0.00310. The molecule has 128 valence electrons. The second-order valence-electron chi connectivity index (χ2n) is 6.41. The Morgan fingerprint density at radius 3 is 2.71 bits per heavy atom. The van der Waals surface area contributed by atoms with E-state index in [1.807, 2.05) is 24.2 Å². The van der Waals surface area contributed by atoms with E-state index in [1.165, 1.54) is 0 Å². The SMILES string of the molecule is Cn1cccc1[C@@H]1CCCCN1C(=O)C[C@H](O)c1ccc(Cl)cc1. The fourth-order valence-corrected chi connectivity index (χ4v) is 3.57. The van der Waals surface area contributed by atoms with Gasteiger partial charge in [0.2, 0.25) is 5.91 Å². The zero-order valence-electron chi connectivity index (χ0n) is 13.9. The van der Waals surface area contributed by atoms with Gasteiger partial charge in [0.1, 0.15) is 0 Å². The number of hydrogen-bond donors (Lipinski definition) is 1. The number of aliphatic hydroxyl groups excluding tert-OH is 1. The van der Waals surface area contributed by atoms with Crippen LogP contribution < -0.4 is 0 Å². The number of amides is 1. The standard InChI is InChI=1S/C19H23ClN2O2/c1-21-11-4-6-16(21)17-5-2-3-12-22(17)19(24)13-18(23)14-7-9-15(20)10-8-14/h4,6-11,17-18,23H,2-3,5,12-13H2,1H3/t17-,18-/m0/s1. The lowest BCUT2D eigenvalue weighted by atomic mass is 9.97. The van der Waals surface area contributed by atoms with Crippen molar-refractivity contribution in [2.24, 2.45) is 7.05 Å². The minimum Gasteiger partial charge on any atom is -0.388 e. The third kappa shape index (κ3) is 3.65. The zero-order valence-corrected chi connectivity index (χ0v) is 14.6. The summed E-state index contributed by atoms with van der Waals surface area (Å²) in [6, 6.07) is 11.2. The second kappa shape index (κ2) is 7.41. The molecule has 0 spiro atoms. The Morgan fingerprint density at radius 1 is 1.29 bits per heavy atom. The number of carbonyl (C=O) groups is 1.